The molecule has 0 aliphatic carbocycles. The third-order valence-electron chi connectivity index (χ3n) is 4.21. The Morgan fingerprint density at radius 1 is 0.862 bits per heavy atom. The summed E-state index contributed by atoms with van der Waals surface area (Å²) in [6.45, 7) is 0. The zero-order chi connectivity index (χ0) is 21.0. The van der Waals surface area contributed by atoms with Crippen molar-refractivity contribution in [2.45, 2.75) is 12.6 Å². The van der Waals surface area contributed by atoms with E-state index in [4.69, 9.17) is 0 Å². The van der Waals surface area contributed by atoms with Crippen LogP contribution in [-0.4, -0.2) is 11.7 Å². The van der Waals surface area contributed by atoms with Crippen molar-refractivity contribution in [1.82, 2.24) is 0 Å². The van der Waals surface area contributed by atoms with Gasteiger partial charge in [-0.15, -0.1) is 0 Å². The zero-order valence-corrected chi connectivity index (χ0v) is 16.5. The average molecular weight is 462 g/mol. The summed E-state index contributed by atoms with van der Waals surface area (Å²) in [6.07, 6.45) is -4.69. The van der Waals surface area contributed by atoms with Gasteiger partial charge >= 0.3 is 6.18 Å². The number of alkyl halides is 3. The van der Waals surface area contributed by atoms with Crippen molar-refractivity contribution in [1.29, 1.82) is 0 Å². The maximum absolute atomic E-state index is 12.9. The second-order valence-electron chi connectivity index (χ2n) is 6.28. The van der Waals surface area contributed by atoms with E-state index in [2.05, 4.69) is 21.2 Å². The summed E-state index contributed by atoms with van der Waals surface area (Å²) in [5, 5.41) is 2.70. The molecular weight excluding hydrogens is 447 g/mol. The third-order valence-corrected chi connectivity index (χ3v) is 4.90. The molecule has 0 unspecified atom stereocenters. The second-order valence-corrected chi connectivity index (χ2v) is 7.13. The van der Waals surface area contributed by atoms with Crippen LogP contribution in [-0.2, 0) is 12.6 Å². The predicted molar refractivity (Wildman–Crippen MR) is 108 cm³/mol. The van der Waals surface area contributed by atoms with Crippen LogP contribution in [0.3, 0.4) is 0 Å². The van der Waals surface area contributed by atoms with E-state index < -0.39 is 23.4 Å². The summed E-state index contributed by atoms with van der Waals surface area (Å²) in [7, 11) is 0. The lowest BCUT2D eigenvalue weighted by molar-refractivity contribution is -0.137. The number of benzene rings is 3. The Labute approximate surface area is 173 Å². The normalized spacial score (nSPS) is 11.2. The molecule has 0 saturated heterocycles. The standard InChI is InChI=1S/C22H15BrF3NO2/c23-18-10-3-1-8-16(18)21(29)27-19-11-4-2-9-17(19)20(28)13-14-6-5-7-15(12-14)22(24,25)26/h1-12H,13H2,(H,27,29). The minimum Gasteiger partial charge on any atom is -0.321 e. The molecule has 0 saturated carbocycles. The summed E-state index contributed by atoms with van der Waals surface area (Å²) in [5.41, 5.74) is 0.359. The number of nitrogens with one attached hydrogen (secondary N) is 1. The highest BCUT2D eigenvalue weighted by atomic mass is 79.9. The van der Waals surface area contributed by atoms with Crippen LogP contribution in [0.5, 0.6) is 0 Å². The Morgan fingerprint density at radius 2 is 1.52 bits per heavy atom. The number of carbonyl (C=O) groups is 2. The summed E-state index contributed by atoms with van der Waals surface area (Å²) < 4.78 is 39.3. The number of hydrogen-bond acceptors (Lipinski definition) is 2. The molecule has 29 heavy (non-hydrogen) atoms. The van der Waals surface area contributed by atoms with E-state index in [1.807, 2.05) is 0 Å². The Morgan fingerprint density at radius 3 is 2.21 bits per heavy atom. The SMILES string of the molecule is O=C(Nc1ccccc1C(=O)Cc1cccc(C(F)(F)F)c1)c1ccccc1Br. The van der Waals surface area contributed by atoms with Gasteiger partial charge in [-0.1, -0.05) is 42.5 Å². The largest absolute Gasteiger partial charge is 0.416 e. The van der Waals surface area contributed by atoms with Crippen molar-refractivity contribution >= 4 is 33.3 Å². The highest BCUT2D eigenvalue weighted by molar-refractivity contribution is 9.10. The molecule has 1 amide bonds. The number of ketones is 1. The molecule has 0 aliphatic heterocycles. The molecule has 0 atom stereocenters. The van der Waals surface area contributed by atoms with Crippen molar-refractivity contribution in [3.05, 3.63) is 99.5 Å². The molecule has 0 radical (unpaired) electrons. The summed E-state index contributed by atoms with van der Waals surface area (Å²) in [5.74, 6) is -0.802. The van der Waals surface area contributed by atoms with Gasteiger partial charge < -0.3 is 5.32 Å². The molecule has 3 aromatic carbocycles. The Bertz CT molecular complexity index is 1060. The fourth-order valence-corrected chi connectivity index (χ4v) is 3.27. The van der Waals surface area contributed by atoms with E-state index in [0.717, 1.165) is 12.1 Å². The second kappa shape index (κ2) is 8.61. The fourth-order valence-electron chi connectivity index (χ4n) is 2.81. The predicted octanol–water partition coefficient (Wildman–Crippen LogP) is 6.15. The molecule has 0 aromatic heterocycles. The molecule has 0 bridgehead atoms. The summed E-state index contributed by atoms with van der Waals surface area (Å²) >= 11 is 3.31. The first-order valence-electron chi connectivity index (χ1n) is 8.60. The highest BCUT2D eigenvalue weighted by Crippen LogP contribution is 2.30. The number of hydrogen-bond donors (Lipinski definition) is 1. The third kappa shape index (κ3) is 5.12. The maximum atomic E-state index is 12.9. The molecule has 3 aromatic rings. The van der Waals surface area contributed by atoms with Gasteiger partial charge in [-0.3, -0.25) is 9.59 Å². The quantitative estimate of drug-likeness (QED) is 0.463. The lowest BCUT2D eigenvalue weighted by Gasteiger charge is -2.12. The molecule has 3 nitrogen and oxygen atoms in total. The van der Waals surface area contributed by atoms with Crippen LogP contribution in [0.1, 0.15) is 31.8 Å². The summed E-state index contributed by atoms with van der Waals surface area (Å²) in [4.78, 5) is 25.3. The number of halogens is 4. The molecule has 7 heteroatoms. The molecule has 1 N–H and O–H groups in total. The van der Waals surface area contributed by atoms with E-state index in [1.54, 1.807) is 42.5 Å². The first-order valence-corrected chi connectivity index (χ1v) is 9.39. The first kappa shape index (κ1) is 20.8. The molecular formula is C22H15BrF3NO2. The van der Waals surface area contributed by atoms with Gasteiger partial charge in [0.15, 0.2) is 5.78 Å². The first-order chi connectivity index (χ1) is 13.8. The minimum absolute atomic E-state index is 0.216. The van der Waals surface area contributed by atoms with Crippen molar-refractivity contribution < 1.29 is 22.8 Å². The van der Waals surface area contributed by atoms with Crippen LogP contribution in [0, 0.1) is 0 Å². The fraction of sp³-hybridized carbons (Fsp3) is 0.0909. The van der Waals surface area contributed by atoms with Gasteiger partial charge in [0.25, 0.3) is 5.91 Å². The van der Waals surface area contributed by atoms with Gasteiger partial charge in [-0.25, -0.2) is 0 Å². The van der Waals surface area contributed by atoms with E-state index in [1.165, 1.54) is 18.2 Å². The molecule has 0 heterocycles. The number of anilines is 1. The van der Waals surface area contributed by atoms with Crippen LogP contribution >= 0.6 is 15.9 Å². The van der Waals surface area contributed by atoms with Gasteiger partial charge in [0, 0.05) is 16.5 Å². The number of amides is 1. The number of para-hydroxylation sites is 1. The molecule has 3 rings (SSSR count). The van der Waals surface area contributed by atoms with Gasteiger partial charge in [0.2, 0.25) is 0 Å². The topological polar surface area (TPSA) is 46.2 Å². The van der Waals surface area contributed by atoms with Gasteiger partial charge in [0.1, 0.15) is 0 Å². The van der Waals surface area contributed by atoms with E-state index >= 15 is 0 Å². The van der Waals surface area contributed by atoms with Crippen LogP contribution in [0.2, 0.25) is 0 Å². The van der Waals surface area contributed by atoms with Gasteiger partial charge in [-0.05, 0) is 51.8 Å². The van der Waals surface area contributed by atoms with Crippen molar-refractivity contribution in [3.63, 3.8) is 0 Å². The minimum atomic E-state index is -4.48. The number of carbonyl (C=O) groups excluding carboxylic acids is 2. The van der Waals surface area contributed by atoms with E-state index in [-0.39, 0.29) is 17.5 Å². The van der Waals surface area contributed by atoms with Crippen LogP contribution in [0.4, 0.5) is 18.9 Å². The van der Waals surface area contributed by atoms with E-state index in [0.29, 0.717) is 15.7 Å². The summed E-state index contributed by atoms with van der Waals surface area (Å²) in [6, 6.07) is 17.9. The Kier molecular flexibility index (Phi) is 6.17. The van der Waals surface area contributed by atoms with Crippen LogP contribution < -0.4 is 5.32 Å². The Hall–Kier alpha value is -2.93. The average Bonchev–Trinajstić information content (AvgIpc) is 2.68. The van der Waals surface area contributed by atoms with Gasteiger partial charge in [-0.2, -0.15) is 13.2 Å². The lowest BCUT2D eigenvalue weighted by atomic mass is 10.00. The Balaban J connectivity index is 1.83. The molecule has 148 valence electrons. The molecule has 0 spiro atoms. The van der Waals surface area contributed by atoms with E-state index in [9.17, 15) is 22.8 Å². The molecule has 0 fully saturated rings. The monoisotopic (exact) mass is 461 g/mol. The van der Waals surface area contributed by atoms with Crippen LogP contribution in [0.25, 0.3) is 0 Å². The smallest absolute Gasteiger partial charge is 0.321 e. The van der Waals surface area contributed by atoms with Crippen molar-refractivity contribution in [2.24, 2.45) is 0 Å². The number of rotatable bonds is 5. The highest BCUT2D eigenvalue weighted by Gasteiger charge is 2.30. The van der Waals surface area contributed by atoms with Gasteiger partial charge in [0.05, 0.1) is 16.8 Å². The van der Waals surface area contributed by atoms with Crippen molar-refractivity contribution in [3.8, 4) is 0 Å². The van der Waals surface area contributed by atoms with Crippen molar-refractivity contribution in [2.75, 3.05) is 5.32 Å². The zero-order valence-electron chi connectivity index (χ0n) is 15.0. The van der Waals surface area contributed by atoms with Crippen LogP contribution in [0.15, 0.2) is 77.3 Å². The maximum Gasteiger partial charge on any atom is 0.416 e. The lowest BCUT2D eigenvalue weighted by Crippen LogP contribution is -2.16. The molecule has 0 aliphatic rings. The number of Topliss-reactive ketones (excluding diaryl/α,β-unsaturated/α-hetero) is 1.